The number of benzene rings is 1. The maximum atomic E-state index is 11.3. The molecule has 0 N–H and O–H groups in total. The van der Waals surface area contributed by atoms with Gasteiger partial charge in [0.1, 0.15) is 5.02 Å². The van der Waals surface area contributed by atoms with Crippen LogP contribution in [0.5, 0.6) is 0 Å². The van der Waals surface area contributed by atoms with Crippen LogP contribution in [0.1, 0.15) is 12.5 Å². The van der Waals surface area contributed by atoms with Gasteiger partial charge < -0.3 is 9.80 Å². The standard InChI is InChI=1S/C13H16ClN3O3/c1-9-11(3-4-12(13(9)14)17(19)20)16-7-5-15(6-8-16)10(2)18/h3-4H,5-8H2,1-2H3. The van der Waals surface area contributed by atoms with Gasteiger partial charge in [0.2, 0.25) is 5.91 Å². The molecule has 1 saturated heterocycles. The zero-order chi connectivity index (χ0) is 14.9. The van der Waals surface area contributed by atoms with Gasteiger partial charge >= 0.3 is 0 Å². The molecule has 1 aromatic rings. The Balaban J connectivity index is 2.21. The first-order valence-electron chi connectivity index (χ1n) is 6.35. The summed E-state index contributed by atoms with van der Waals surface area (Å²) < 4.78 is 0. The number of carbonyl (C=O) groups excluding carboxylic acids is 1. The van der Waals surface area contributed by atoms with E-state index in [2.05, 4.69) is 4.90 Å². The number of nitro benzene ring substituents is 1. The number of nitrogens with zero attached hydrogens (tertiary/aromatic N) is 3. The first-order valence-corrected chi connectivity index (χ1v) is 6.73. The maximum Gasteiger partial charge on any atom is 0.288 e. The van der Waals surface area contributed by atoms with Crippen molar-refractivity contribution in [3.63, 3.8) is 0 Å². The van der Waals surface area contributed by atoms with Crippen molar-refractivity contribution in [2.75, 3.05) is 31.1 Å². The highest BCUT2D eigenvalue weighted by molar-refractivity contribution is 6.33. The van der Waals surface area contributed by atoms with E-state index in [9.17, 15) is 14.9 Å². The van der Waals surface area contributed by atoms with Crippen molar-refractivity contribution in [2.45, 2.75) is 13.8 Å². The van der Waals surface area contributed by atoms with Gasteiger partial charge in [-0.2, -0.15) is 0 Å². The van der Waals surface area contributed by atoms with Gasteiger partial charge in [0.25, 0.3) is 5.69 Å². The molecule has 6 nitrogen and oxygen atoms in total. The van der Waals surface area contributed by atoms with Crippen LogP contribution in [0.15, 0.2) is 12.1 Å². The molecule has 1 aromatic carbocycles. The molecule has 7 heteroatoms. The molecule has 0 atom stereocenters. The Labute approximate surface area is 122 Å². The van der Waals surface area contributed by atoms with Crippen molar-refractivity contribution in [1.82, 2.24) is 4.90 Å². The number of nitro groups is 1. The first kappa shape index (κ1) is 14.6. The Hall–Kier alpha value is -1.82. The highest BCUT2D eigenvalue weighted by Crippen LogP contribution is 2.34. The summed E-state index contributed by atoms with van der Waals surface area (Å²) in [5, 5.41) is 11.0. The number of hydrogen-bond acceptors (Lipinski definition) is 4. The quantitative estimate of drug-likeness (QED) is 0.620. The fourth-order valence-electron chi connectivity index (χ4n) is 2.41. The topological polar surface area (TPSA) is 66.7 Å². The summed E-state index contributed by atoms with van der Waals surface area (Å²) in [5.41, 5.74) is 1.52. The zero-order valence-corrected chi connectivity index (χ0v) is 12.2. The van der Waals surface area contributed by atoms with Crippen LogP contribution >= 0.6 is 11.6 Å². The van der Waals surface area contributed by atoms with Crippen LogP contribution < -0.4 is 4.90 Å². The summed E-state index contributed by atoms with van der Waals surface area (Å²) in [6, 6.07) is 3.16. The zero-order valence-electron chi connectivity index (χ0n) is 11.4. The maximum absolute atomic E-state index is 11.3. The number of halogens is 1. The van der Waals surface area contributed by atoms with Gasteiger partial charge in [-0.25, -0.2) is 0 Å². The van der Waals surface area contributed by atoms with Gasteiger partial charge in [-0.1, -0.05) is 11.6 Å². The van der Waals surface area contributed by atoms with Gasteiger partial charge in [-0.3, -0.25) is 14.9 Å². The highest BCUT2D eigenvalue weighted by Gasteiger charge is 2.23. The molecule has 108 valence electrons. The fraction of sp³-hybridized carbons (Fsp3) is 0.462. The summed E-state index contributed by atoms with van der Waals surface area (Å²) in [4.78, 5) is 25.5. The van der Waals surface area contributed by atoms with Crippen LogP contribution in [0.4, 0.5) is 11.4 Å². The predicted molar refractivity (Wildman–Crippen MR) is 77.3 cm³/mol. The molecule has 0 radical (unpaired) electrons. The van der Waals surface area contributed by atoms with Crippen molar-refractivity contribution in [3.8, 4) is 0 Å². The Morgan fingerprint density at radius 3 is 2.40 bits per heavy atom. The Morgan fingerprint density at radius 2 is 1.90 bits per heavy atom. The van der Waals surface area contributed by atoms with Crippen LogP contribution in [0.25, 0.3) is 0 Å². The van der Waals surface area contributed by atoms with E-state index in [-0.39, 0.29) is 16.6 Å². The molecule has 0 spiro atoms. The van der Waals surface area contributed by atoms with Gasteiger partial charge in [0.05, 0.1) is 4.92 Å². The molecule has 1 amide bonds. The molecule has 2 rings (SSSR count). The second-order valence-corrected chi connectivity index (χ2v) is 5.17. The Kier molecular flexibility index (Phi) is 4.13. The molecule has 0 aliphatic carbocycles. The molecule has 1 fully saturated rings. The molecule has 0 aromatic heterocycles. The number of amides is 1. The third-order valence-corrected chi connectivity index (χ3v) is 4.08. The van der Waals surface area contributed by atoms with Crippen molar-refractivity contribution >= 4 is 28.9 Å². The number of anilines is 1. The van der Waals surface area contributed by atoms with Crippen molar-refractivity contribution in [1.29, 1.82) is 0 Å². The van der Waals surface area contributed by atoms with Crippen molar-refractivity contribution in [2.24, 2.45) is 0 Å². The van der Waals surface area contributed by atoms with Gasteiger partial charge in [-0.05, 0) is 18.6 Å². The van der Waals surface area contributed by atoms with E-state index in [4.69, 9.17) is 11.6 Å². The van der Waals surface area contributed by atoms with Gasteiger partial charge in [0, 0.05) is 44.9 Å². The van der Waals surface area contributed by atoms with E-state index in [1.807, 2.05) is 0 Å². The number of rotatable bonds is 2. The minimum atomic E-state index is -0.479. The lowest BCUT2D eigenvalue weighted by Crippen LogP contribution is -2.48. The molecule has 0 unspecified atom stereocenters. The molecule has 1 heterocycles. The lowest BCUT2D eigenvalue weighted by Gasteiger charge is -2.36. The molecule has 0 saturated carbocycles. The van der Waals surface area contributed by atoms with Gasteiger partial charge in [-0.15, -0.1) is 0 Å². The van der Waals surface area contributed by atoms with Crippen LogP contribution in [0.2, 0.25) is 5.02 Å². The molecule has 1 aliphatic rings. The third-order valence-electron chi connectivity index (χ3n) is 3.60. The van der Waals surface area contributed by atoms with Crippen LogP contribution in [-0.4, -0.2) is 41.9 Å². The summed E-state index contributed by atoms with van der Waals surface area (Å²) in [6.45, 7) is 6.06. The van der Waals surface area contributed by atoms with E-state index >= 15 is 0 Å². The monoisotopic (exact) mass is 297 g/mol. The minimum absolute atomic E-state index is 0.0723. The van der Waals surface area contributed by atoms with E-state index < -0.39 is 4.92 Å². The summed E-state index contributed by atoms with van der Waals surface area (Å²) in [5.74, 6) is 0.0723. The Morgan fingerprint density at radius 1 is 1.30 bits per heavy atom. The average molecular weight is 298 g/mol. The van der Waals surface area contributed by atoms with Crippen LogP contribution in [-0.2, 0) is 4.79 Å². The number of piperazine rings is 1. The van der Waals surface area contributed by atoms with Crippen LogP contribution in [0, 0.1) is 17.0 Å². The van der Waals surface area contributed by atoms with Crippen molar-refractivity contribution < 1.29 is 9.72 Å². The summed E-state index contributed by atoms with van der Waals surface area (Å²) in [7, 11) is 0. The number of hydrogen-bond donors (Lipinski definition) is 0. The number of carbonyl (C=O) groups is 1. The molecular formula is C13H16ClN3O3. The van der Waals surface area contributed by atoms with Crippen LogP contribution in [0.3, 0.4) is 0 Å². The largest absolute Gasteiger partial charge is 0.368 e. The predicted octanol–water partition coefficient (Wildman–Crippen LogP) is 2.23. The molecule has 1 aliphatic heterocycles. The average Bonchev–Trinajstić information content (AvgIpc) is 2.41. The lowest BCUT2D eigenvalue weighted by molar-refractivity contribution is -0.384. The van der Waals surface area contributed by atoms with Gasteiger partial charge in [0.15, 0.2) is 0 Å². The fourth-order valence-corrected chi connectivity index (χ4v) is 2.64. The summed E-state index contributed by atoms with van der Waals surface area (Å²) >= 11 is 6.06. The smallest absolute Gasteiger partial charge is 0.288 e. The molecular weight excluding hydrogens is 282 g/mol. The lowest BCUT2D eigenvalue weighted by atomic mass is 10.1. The van der Waals surface area contributed by atoms with E-state index in [1.165, 1.54) is 6.07 Å². The SMILES string of the molecule is CC(=O)N1CCN(c2ccc([N+](=O)[O-])c(Cl)c2C)CC1. The first-order chi connectivity index (χ1) is 9.41. The second kappa shape index (κ2) is 5.66. The molecule has 0 bridgehead atoms. The highest BCUT2D eigenvalue weighted by atomic mass is 35.5. The summed E-state index contributed by atoms with van der Waals surface area (Å²) in [6.07, 6.45) is 0. The Bertz CT molecular complexity index is 554. The second-order valence-electron chi connectivity index (χ2n) is 4.79. The molecule has 20 heavy (non-hydrogen) atoms. The normalized spacial score (nSPS) is 15.3. The van der Waals surface area contributed by atoms with E-state index in [0.29, 0.717) is 31.7 Å². The van der Waals surface area contributed by atoms with E-state index in [1.54, 1.807) is 24.8 Å². The third kappa shape index (κ3) is 2.70. The van der Waals surface area contributed by atoms with Crippen molar-refractivity contribution in [3.05, 3.63) is 32.8 Å². The van der Waals surface area contributed by atoms with E-state index in [0.717, 1.165) is 5.69 Å². The minimum Gasteiger partial charge on any atom is -0.368 e.